The first-order valence-corrected chi connectivity index (χ1v) is 5.79. The molecule has 1 aromatic heterocycles. The fourth-order valence-electron chi connectivity index (χ4n) is 1.76. The summed E-state index contributed by atoms with van der Waals surface area (Å²) in [7, 11) is 3.54. The number of allylic oxidation sites excluding steroid dienone is 1. The van der Waals surface area contributed by atoms with Gasteiger partial charge in [0, 0.05) is 37.4 Å². The predicted octanol–water partition coefficient (Wildman–Crippen LogP) is 2.39. The third-order valence-electron chi connectivity index (χ3n) is 2.62. The van der Waals surface area contributed by atoms with Gasteiger partial charge in [-0.1, -0.05) is 18.2 Å². The Hall–Kier alpha value is -2.67. The van der Waals surface area contributed by atoms with Gasteiger partial charge < -0.3 is 4.90 Å². The Morgan fingerprint density at radius 2 is 2.16 bits per heavy atom. The van der Waals surface area contributed by atoms with Crippen LogP contribution in [0.2, 0.25) is 0 Å². The Morgan fingerprint density at radius 1 is 1.37 bits per heavy atom. The van der Waals surface area contributed by atoms with E-state index in [9.17, 15) is 4.79 Å². The zero-order valence-electron chi connectivity index (χ0n) is 10.8. The van der Waals surface area contributed by atoms with Gasteiger partial charge in [-0.3, -0.25) is 9.78 Å². The average Bonchev–Trinajstić information content (AvgIpc) is 2.43. The van der Waals surface area contributed by atoms with Crippen LogP contribution in [-0.2, 0) is 0 Å². The highest BCUT2D eigenvalue weighted by Gasteiger charge is 2.13. The molecule has 0 N–H and O–H groups in total. The molecule has 2 rings (SSSR count). The molecule has 0 saturated carbocycles. The summed E-state index contributed by atoms with van der Waals surface area (Å²) in [5.74, 6) is -0.288. The van der Waals surface area contributed by atoms with Gasteiger partial charge in [-0.25, -0.2) is 0 Å². The van der Waals surface area contributed by atoms with E-state index in [-0.39, 0.29) is 11.4 Å². The summed E-state index contributed by atoms with van der Waals surface area (Å²) in [6.07, 6.45) is 3.20. The maximum atomic E-state index is 12.2. The van der Waals surface area contributed by atoms with Gasteiger partial charge in [-0.15, -0.1) is 0 Å². The molecule has 4 heteroatoms. The van der Waals surface area contributed by atoms with Crippen molar-refractivity contribution in [2.45, 2.75) is 0 Å². The van der Waals surface area contributed by atoms with Crippen LogP contribution in [0.1, 0.15) is 10.4 Å². The second-order valence-electron chi connectivity index (χ2n) is 4.36. The Bertz CT molecular complexity index is 696. The van der Waals surface area contributed by atoms with E-state index in [1.165, 1.54) is 6.20 Å². The van der Waals surface area contributed by atoms with E-state index in [1.807, 2.05) is 24.3 Å². The van der Waals surface area contributed by atoms with E-state index in [1.54, 1.807) is 37.3 Å². The van der Waals surface area contributed by atoms with E-state index < -0.39 is 0 Å². The zero-order valence-corrected chi connectivity index (χ0v) is 10.8. The van der Waals surface area contributed by atoms with E-state index in [2.05, 4.69) is 4.98 Å². The molecule has 0 fully saturated rings. The van der Waals surface area contributed by atoms with E-state index in [0.29, 0.717) is 5.56 Å². The Morgan fingerprint density at radius 3 is 2.84 bits per heavy atom. The van der Waals surface area contributed by atoms with Crippen LogP contribution in [0.15, 0.2) is 48.3 Å². The maximum absolute atomic E-state index is 12.2. The average molecular weight is 251 g/mol. The molecule has 0 spiro atoms. The summed E-state index contributed by atoms with van der Waals surface area (Å²) in [4.78, 5) is 18.1. The molecule has 2 aromatic rings. The Kier molecular flexibility index (Phi) is 3.58. The first-order chi connectivity index (χ1) is 9.11. The zero-order chi connectivity index (χ0) is 13.8. The molecule has 0 aliphatic carbocycles. The van der Waals surface area contributed by atoms with E-state index >= 15 is 0 Å². The molecule has 0 aliphatic rings. The van der Waals surface area contributed by atoms with E-state index in [4.69, 9.17) is 5.26 Å². The second-order valence-corrected chi connectivity index (χ2v) is 4.36. The van der Waals surface area contributed by atoms with Crippen molar-refractivity contribution in [2.75, 3.05) is 14.1 Å². The van der Waals surface area contributed by atoms with Crippen molar-refractivity contribution >= 4 is 16.7 Å². The lowest BCUT2D eigenvalue weighted by Gasteiger charge is -2.06. The minimum atomic E-state index is -0.288. The van der Waals surface area contributed by atoms with Crippen LogP contribution in [0.4, 0.5) is 0 Å². The third kappa shape index (κ3) is 2.78. The summed E-state index contributed by atoms with van der Waals surface area (Å²) in [6, 6.07) is 11.0. The number of fused-ring (bicyclic) bond motifs is 1. The summed E-state index contributed by atoms with van der Waals surface area (Å²) < 4.78 is 0. The Balaban J connectivity index is 2.44. The van der Waals surface area contributed by atoms with Gasteiger partial charge in [0.15, 0.2) is 0 Å². The number of benzene rings is 1. The van der Waals surface area contributed by atoms with Gasteiger partial charge in [-0.2, -0.15) is 5.26 Å². The molecular formula is C15H13N3O. The molecule has 0 atom stereocenters. The van der Waals surface area contributed by atoms with Crippen molar-refractivity contribution in [3.63, 3.8) is 0 Å². The predicted molar refractivity (Wildman–Crippen MR) is 73.5 cm³/mol. The lowest BCUT2D eigenvalue weighted by atomic mass is 10.0. The van der Waals surface area contributed by atoms with Gasteiger partial charge in [-0.05, 0) is 12.1 Å². The first kappa shape index (κ1) is 12.8. The van der Waals surface area contributed by atoms with Crippen molar-refractivity contribution in [1.82, 2.24) is 9.88 Å². The monoisotopic (exact) mass is 251 g/mol. The van der Waals surface area contributed by atoms with Crippen LogP contribution in [0.5, 0.6) is 0 Å². The van der Waals surface area contributed by atoms with Gasteiger partial charge >= 0.3 is 0 Å². The van der Waals surface area contributed by atoms with Crippen molar-refractivity contribution in [2.24, 2.45) is 0 Å². The number of Topliss-reactive ketones (excluding diaryl/α,β-unsaturated/α-hetero) is 1. The highest BCUT2D eigenvalue weighted by atomic mass is 16.1. The molecule has 0 bridgehead atoms. The SMILES string of the molecule is CN(C)C=C(C#N)C(=O)c1ccc2cccnc2c1. The van der Waals surface area contributed by atoms with Crippen LogP contribution in [-0.4, -0.2) is 29.8 Å². The largest absolute Gasteiger partial charge is 0.382 e. The van der Waals surface area contributed by atoms with Gasteiger partial charge in [0.25, 0.3) is 0 Å². The Labute approximate surface area is 111 Å². The maximum Gasteiger partial charge on any atom is 0.205 e. The minimum absolute atomic E-state index is 0.111. The van der Waals surface area contributed by atoms with Crippen LogP contribution >= 0.6 is 0 Å². The van der Waals surface area contributed by atoms with Gasteiger partial charge in [0.05, 0.1) is 5.52 Å². The number of hydrogen-bond acceptors (Lipinski definition) is 4. The number of nitriles is 1. The van der Waals surface area contributed by atoms with Gasteiger partial charge in [0.2, 0.25) is 5.78 Å². The van der Waals surface area contributed by atoms with Crippen molar-refractivity contribution in [1.29, 1.82) is 5.26 Å². The summed E-state index contributed by atoms with van der Waals surface area (Å²) in [6.45, 7) is 0. The highest BCUT2D eigenvalue weighted by molar-refractivity contribution is 6.12. The minimum Gasteiger partial charge on any atom is -0.382 e. The van der Waals surface area contributed by atoms with Crippen LogP contribution in [0, 0.1) is 11.3 Å². The third-order valence-corrected chi connectivity index (χ3v) is 2.62. The summed E-state index contributed by atoms with van der Waals surface area (Å²) in [5.41, 5.74) is 1.33. The second kappa shape index (κ2) is 5.32. The molecule has 0 saturated heterocycles. The van der Waals surface area contributed by atoms with Crippen molar-refractivity contribution in [3.8, 4) is 6.07 Å². The van der Waals surface area contributed by atoms with Crippen molar-refractivity contribution in [3.05, 3.63) is 53.9 Å². The standard InChI is InChI=1S/C15H13N3O/c1-18(2)10-13(9-16)15(19)12-6-5-11-4-3-7-17-14(11)8-12/h3-8,10H,1-2H3. The fourth-order valence-corrected chi connectivity index (χ4v) is 1.76. The van der Waals surface area contributed by atoms with Crippen LogP contribution < -0.4 is 0 Å². The topological polar surface area (TPSA) is 57.0 Å². The number of pyridine rings is 1. The molecule has 4 nitrogen and oxygen atoms in total. The number of aromatic nitrogens is 1. The molecule has 0 radical (unpaired) electrons. The number of ketones is 1. The highest BCUT2D eigenvalue weighted by Crippen LogP contribution is 2.16. The number of carbonyl (C=O) groups is 1. The van der Waals surface area contributed by atoms with E-state index in [0.717, 1.165) is 10.9 Å². The lowest BCUT2D eigenvalue weighted by molar-refractivity contribution is 0.103. The number of nitrogens with zero attached hydrogens (tertiary/aromatic N) is 3. The summed E-state index contributed by atoms with van der Waals surface area (Å²) >= 11 is 0. The smallest absolute Gasteiger partial charge is 0.205 e. The summed E-state index contributed by atoms with van der Waals surface area (Å²) in [5, 5.41) is 10.0. The lowest BCUT2D eigenvalue weighted by Crippen LogP contribution is -2.08. The molecule has 0 amide bonds. The molecule has 0 unspecified atom stereocenters. The first-order valence-electron chi connectivity index (χ1n) is 5.79. The molecule has 94 valence electrons. The fraction of sp³-hybridized carbons (Fsp3) is 0.133. The van der Waals surface area contributed by atoms with Gasteiger partial charge in [0.1, 0.15) is 11.6 Å². The number of rotatable bonds is 3. The molecule has 0 aliphatic heterocycles. The van der Waals surface area contributed by atoms with Crippen LogP contribution in [0.3, 0.4) is 0 Å². The number of carbonyl (C=O) groups excluding carboxylic acids is 1. The molecular weight excluding hydrogens is 238 g/mol. The molecule has 1 heterocycles. The molecule has 1 aromatic carbocycles. The van der Waals surface area contributed by atoms with Crippen LogP contribution in [0.25, 0.3) is 10.9 Å². The molecule has 19 heavy (non-hydrogen) atoms. The quantitative estimate of drug-likeness (QED) is 0.477. The number of hydrogen-bond donors (Lipinski definition) is 0. The normalized spacial score (nSPS) is 11.1. The van der Waals surface area contributed by atoms with Crippen molar-refractivity contribution < 1.29 is 4.79 Å².